The van der Waals surface area contributed by atoms with E-state index < -0.39 is 22.2 Å². The summed E-state index contributed by atoms with van der Waals surface area (Å²) in [5.74, 6) is 0.0146. The van der Waals surface area contributed by atoms with Crippen molar-refractivity contribution in [1.29, 1.82) is 0 Å². The zero-order chi connectivity index (χ0) is 23.6. The molecule has 0 saturated carbocycles. The molecule has 1 saturated heterocycles. The number of hydrogen-bond acceptors (Lipinski definition) is 8. The minimum atomic E-state index is -0.593. The van der Waals surface area contributed by atoms with Crippen LogP contribution in [0.4, 0.5) is 27.7 Å². The average Bonchev–Trinajstić information content (AvgIpc) is 2.69. The smallest absolute Gasteiger partial charge is 0.410 e. The molecule has 1 aliphatic rings. The van der Waals surface area contributed by atoms with Gasteiger partial charge in [-0.05, 0) is 55.8 Å². The van der Waals surface area contributed by atoms with E-state index in [-0.39, 0.29) is 17.5 Å². The first-order valence-electron chi connectivity index (χ1n) is 10.00. The van der Waals surface area contributed by atoms with Gasteiger partial charge in [-0.15, -0.1) is 0 Å². The van der Waals surface area contributed by atoms with Gasteiger partial charge in [-0.2, -0.15) is 0 Å². The number of H-pyrrole nitrogens is 1. The van der Waals surface area contributed by atoms with E-state index in [0.29, 0.717) is 35.6 Å². The van der Waals surface area contributed by atoms with Gasteiger partial charge >= 0.3 is 6.09 Å². The summed E-state index contributed by atoms with van der Waals surface area (Å²) in [6.45, 7) is 8.50. The number of hydrogen-bond donors (Lipinski definition) is 2. The molecule has 0 bridgehead atoms. The van der Waals surface area contributed by atoms with E-state index in [9.17, 15) is 19.7 Å². The van der Waals surface area contributed by atoms with Crippen molar-refractivity contribution in [2.45, 2.75) is 39.3 Å². The number of nitro benzene ring substituents is 1. The van der Waals surface area contributed by atoms with Crippen molar-refractivity contribution in [2.75, 3.05) is 29.9 Å². The third-order valence-corrected chi connectivity index (χ3v) is 5.19. The Morgan fingerprint density at radius 1 is 1.38 bits per heavy atom. The largest absolute Gasteiger partial charge is 0.444 e. The van der Waals surface area contributed by atoms with Crippen molar-refractivity contribution in [3.05, 3.63) is 49.5 Å². The summed E-state index contributed by atoms with van der Waals surface area (Å²) in [6.07, 6.45) is 1.00. The van der Waals surface area contributed by atoms with Crippen LogP contribution in [-0.2, 0) is 4.74 Å². The lowest BCUT2D eigenvalue weighted by Crippen LogP contribution is -2.54. The lowest BCUT2D eigenvalue weighted by molar-refractivity contribution is -0.384. The first-order chi connectivity index (χ1) is 14.9. The van der Waals surface area contributed by atoms with Gasteiger partial charge in [-0.3, -0.25) is 14.9 Å². The van der Waals surface area contributed by atoms with Crippen molar-refractivity contribution < 1.29 is 14.5 Å². The van der Waals surface area contributed by atoms with Crippen LogP contribution < -0.4 is 15.8 Å². The number of piperazine rings is 1. The number of nitrogens with one attached hydrogen (secondary N) is 2. The number of halogens is 1. The fourth-order valence-electron chi connectivity index (χ4n) is 3.40. The minimum Gasteiger partial charge on any atom is -0.444 e. The number of carbonyl (C=O) groups excluding carboxylic acids is 1. The SMILES string of the molecule is C[C@H]1CN(C(=O)OC(C)(C)C)CCN1c1ccc(Nc2nc(Br)c[nH]c2=O)cc1[N+](=O)[O-]. The van der Waals surface area contributed by atoms with Crippen LogP contribution in [0.15, 0.2) is 33.8 Å². The quantitative estimate of drug-likeness (QED) is 0.472. The van der Waals surface area contributed by atoms with Gasteiger partial charge in [0.25, 0.3) is 11.2 Å². The summed E-state index contributed by atoms with van der Waals surface area (Å²) in [4.78, 5) is 45.7. The maximum absolute atomic E-state index is 12.4. The van der Waals surface area contributed by atoms with Crippen LogP contribution in [0.25, 0.3) is 0 Å². The van der Waals surface area contributed by atoms with Gasteiger partial charge in [-0.25, -0.2) is 9.78 Å². The summed E-state index contributed by atoms with van der Waals surface area (Å²) in [5.41, 5.74) is -0.361. The highest BCUT2D eigenvalue weighted by Crippen LogP contribution is 2.34. The summed E-state index contributed by atoms with van der Waals surface area (Å²) in [5, 5.41) is 14.6. The van der Waals surface area contributed by atoms with Crippen molar-refractivity contribution in [3.8, 4) is 0 Å². The predicted molar refractivity (Wildman–Crippen MR) is 124 cm³/mol. The van der Waals surface area contributed by atoms with Gasteiger partial charge < -0.3 is 24.8 Å². The number of aromatic amines is 1. The Balaban J connectivity index is 1.81. The number of nitrogens with zero attached hydrogens (tertiary/aromatic N) is 4. The Labute approximate surface area is 193 Å². The van der Waals surface area contributed by atoms with Gasteiger partial charge in [-0.1, -0.05) is 0 Å². The maximum Gasteiger partial charge on any atom is 0.410 e. The zero-order valence-electron chi connectivity index (χ0n) is 18.2. The number of anilines is 3. The lowest BCUT2D eigenvalue weighted by atomic mass is 10.1. The van der Waals surface area contributed by atoms with Crippen LogP contribution in [0.2, 0.25) is 0 Å². The topological polar surface area (TPSA) is 134 Å². The van der Waals surface area contributed by atoms with E-state index >= 15 is 0 Å². The second-order valence-corrected chi connectivity index (χ2v) is 9.27. The second-order valence-electron chi connectivity index (χ2n) is 8.46. The minimum absolute atomic E-state index is 0.0146. The highest BCUT2D eigenvalue weighted by Gasteiger charge is 2.32. The summed E-state index contributed by atoms with van der Waals surface area (Å²) >= 11 is 3.18. The van der Waals surface area contributed by atoms with Crippen molar-refractivity contribution in [2.24, 2.45) is 0 Å². The van der Waals surface area contributed by atoms with Gasteiger partial charge in [0, 0.05) is 43.6 Å². The molecule has 11 nitrogen and oxygen atoms in total. The molecular weight excluding hydrogens is 484 g/mol. The van der Waals surface area contributed by atoms with E-state index in [1.165, 1.54) is 12.3 Å². The highest BCUT2D eigenvalue weighted by atomic mass is 79.9. The summed E-state index contributed by atoms with van der Waals surface area (Å²) in [7, 11) is 0. The van der Waals surface area contributed by atoms with Crippen molar-refractivity contribution >= 4 is 44.9 Å². The number of amides is 1. The molecule has 0 radical (unpaired) electrons. The molecule has 0 unspecified atom stereocenters. The summed E-state index contributed by atoms with van der Waals surface area (Å²) in [6, 6.07) is 4.48. The summed E-state index contributed by atoms with van der Waals surface area (Å²) < 4.78 is 5.85. The third-order valence-electron chi connectivity index (χ3n) is 4.78. The fourth-order valence-corrected chi connectivity index (χ4v) is 3.69. The molecule has 3 rings (SSSR count). The molecule has 172 valence electrons. The molecule has 2 aromatic rings. The number of aromatic nitrogens is 2. The average molecular weight is 509 g/mol. The molecule has 1 fully saturated rings. The molecule has 1 aliphatic heterocycles. The van der Waals surface area contributed by atoms with Crippen LogP contribution in [0, 0.1) is 10.1 Å². The number of benzene rings is 1. The number of nitro groups is 1. The Morgan fingerprint density at radius 3 is 2.72 bits per heavy atom. The molecule has 1 atom stereocenters. The molecule has 0 aliphatic carbocycles. The number of ether oxygens (including phenoxy) is 1. The zero-order valence-corrected chi connectivity index (χ0v) is 19.8. The van der Waals surface area contributed by atoms with Gasteiger partial charge in [0.1, 0.15) is 15.9 Å². The molecular formula is C20H25BrN6O5. The van der Waals surface area contributed by atoms with E-state index in [1.807, 2.05) is 11.8 Å². The first-order valence-corrected chi connectivity index (χ1v) is 10.8. The van der Waals surface area contributed by atoms with Crippen molar-refractivity contribution in [3.63, 3.8) is 0 Å². The van der Waals surface area contributed by atoms with Crippen LogP contribution in [0.1, 0.15) is 27.7 Å². The van der Waals surface area contributed by atoms with E-state index in [0.717, 1.165) is 0 Å². The monoisotopic (exact) mass is 508 g/mol. The molecule has 1 aromatic heterocycles. The van der Waals surface area contributed by atoms with Crippen LogP contribution in [0.5, 0.6) is 0 Å². The van der Waals surface area contributed by atoms with E-state index in [1.54, 1.807) is 37.8 Å². The molecule has 2 heterocycles. The lowest BCUT2D eigenvalue weighted by Gasteiger charge is -2.41. The molecule has 32 heavy (non-hydrogen) atoms. The molecule has 2 N–H and O–H groups in total. The second kappa shape index (κ2) is 9.15. The molecule has 12 heteroatoms. The Hall–Kier alpha value is -3.15. The molecule has 1 amide bonds. The Morgan fingerprint density at radius 2 is 2.09 bits per heavy atom. The molecule has 0 spiro atoms. The Kier molecular flexibility index (Phi) is 6.72. The number of rotatable bonds is 4. The first kappa shape index (κ1) is 23.5. The maximum atomic E-state index is 12.4. The molecule has 1 aromatic carbocycles. The van der Waals surface area contributed by atoms with Crippen LogP contribution in [0.3, 0.4) is 0 Å². The van der Waals surface area contributed by atoms with Gasteiger partial charge in [0.2, 0.25) is 0 Å². The Bertz CT molecular complexity index is 1080. The standard InChI is InChI=1S/C20H25BrN6O5/c1-12-11-25(19(29)32-20(2,3)4)7-8-26(12)14-6-5-13(9-15(14)27(30)31)23-17-18(28)22-10-16(21)24-17/h5-6,9-10,12H,7-8,11H2,1-4H3,(H,22,28)(H,23,24)/t12-/m0/s1. The van der Waals surface area contributed by atoms with Crippen LogP contribution in [-0.4, -0.2) is 57.2 Å². The van der Waals surface area contributed by atoms with E-state index in [4.69, 9.17) is 4.74 Å². The number of carbonyl (C=O) groups is 1. The van der Waals surface area contributed by atoms with E-state index in [2.05, 4.69) is 31.2 Å². The van der Waals surface area contributed by atoms with Gasteiger partial charge in [0.15, 0.2) is 5.82 Å². The van der Waals surface area contributed by atoms with Gasteiger partial charge in [0.05, 0.1) is 4.92 Å². The third kappa shape index (κ3) is 5.55. The van der Waals surface area contributed by atoms with Crippen molar-refractivity contribution in [1.82, 2.24) is 14.9 Å². The van der Waals surface area contributed by atoms with Crippen LogP contribution >= 0.6 is 15.9 Å². The fraction of sp³-hybridized carbons (Fsp3) is 0.450. The highest BCUT2D eigenvalue weighted by molar-refractivity contribution is 9.10. The predicted octanol–water partition coefficient (Wildman–Crippen LogP) is 3.63. The normalized spacial score (nSPS) is 16.6.